The van der Waals surface area contributed by atoms with Gasteiger partial charge in [-0.2, -0.15) is 9.97 Å². The van der Waals surface area contributed by atoms with Gasteiger partial charge in [-0.25, -0.2) is 8.78 Å². The number of amides is 1. The molecule has 4 heterocycles. The minimum Gasteiger partial charge on any atom is -0.461 e. The van der Waals surface area contributed by atoms with Crippen LogP contribution < -0.4 is 15.4 Å². The van der Waals surface area contributed by atoms with Crippen molar-refractivity contribution in [3.05, 3.63) is 54.2 Å². The highest BCUT2D eigenvalue weighted by molar-refractivity contribution is 5.99. The van der Waals surface area contributed by atoms with Crippen molar-refractivity contribution < 1.29 is 18.3 Å². The van der Waals surface area contributed by atoms with E-state index in [1.807, 2.05) is 0 Å². The molecule has 2 aromatic heterocycles. The molecule has 2 saturated heterocycles. The molecule has 0 atom stereocenters. The maximum absolute atomic E-state index is 16.3. The molecule has 4 aromatic rings. The van der Waals surface area contributed by atoms with Crippen LogP contribution in [-0.4, -0.2) is 64.6 Å². The van der Waals surface area contributed by atoms with Gasteiger partial charge in [0.15, 0.2) is 5.82 Å². The molecule has 0 radical (unpaired) electrons. The minimum absolute atomic E-state index is 0.00931. The average molecular weight is 533 g/mol. The number of hydrogen-bond donors (Lipinski definition) is 1. The van der Waals surface area contributed by atoms with Crippen molar-refractivity contribution in [1.82, 2.24) is 19.9 Å². The van der Waals surface area contributed by atoms with E-state index in [0.29, 0.717) is 28.8 Å². The van der Waals surface area contributed by atoms with E-state index in [1.54, 1.807) is 42.3 Å². The number of aromatic nitrogens is 3. The van der Waals surface area contributed by atoms with Crippen LogP contribution in [0.25, 0.3) is 32.9 Å². The smallest absolute Gasteiger partial charge is 0.319 e. The lowest BCUT2D eigenvalue weighted by atomic mass is 9.95. The second-order valence-corrected chi connectivity index (χ2v) is 10.5. The third-order valence-corrected chi connectivity index (χ3v) is 8.09. The van der Waals surface area contributed by atoms with Crippen molar-refractivity contribution in [2.75, 3.05) is 38.2 Å². The van der Waals surface area contributed by atoms with Gasteiger partial charge in [0.05, 0.1) is 10.9 Å². The Bertz CT molecular complexity index is 1560. The van der Waals surface area contributed by atoms with Crippen molar-refractivity contribution >= 4 is 33.4 Å². The number of anilines is 1. The summed E-state index contributed by atoms with van der Waals surface area (Å²) in [5, 5.41) is 1.29. The first kappa shape index (κ1) is 25.4. The molecule has 0 aliphatic carbocycles. The molecule has 2 aliphatic rings. The monoisotopic (exact) mass is 532 g/mol. The predicted molar refractivity (Wildman–Crippen MR) is 146 cm³/mol. The summed E-state index contributed by atoms with van der Waals surface area (Å²) in [7, 11) is 1.74. The predicted octanol–water partition coefficient (Wildman–Crippen LogP) is 4.44. The highest BCUT2D eigenvalue weighted by Gasteiger charge is 2.45. The van der Waals surface area contributed by atoms with Gasteiger partial charge in [0, 0.05) is 37.2 Å². The summed E-state index contributed by atoms with van der Waals surface area (Å²) in [5.41, 5.74) is 5.67. The van der Waals surface area contributed by atoms with Crippen LogP contribution >= 0.6 is 0 Å². The van der Waals surface area contributed by atoms with Crippen molar-refractivity contribution in [1.29, 1.82) is 0 Å². The molecule has 8 nitrogen and oxygen atoms in total. The Hall–Kier alpha value is -3.92. The summed E-state index contributed by atoms with van der Waals surface area (Å²) < 4.78 is 37.3. The first-order chi connectivity index (χ1) is 18.9. The molecule has 10 heteroatoms. The Balaban J connectivity index is 1.46. The van der Waals surface area contributed by atoms with Crippen LogP contribution in [0.4, 0.5) is 14.6 Å². The summed E-state index contributed by atoms with van der Waals surface area (Å²) in [6.45, 7) is 2.79. The van der Waals surface area contributed by atoms with Crippen LogP contribution in [0.3, 0.4) is 0 Å². The molecule has 2 N–H and O–H groups in total. The van der Waals surface area contributed by atoms with Crippen LogP contribution in [-0.2, 0) is 4.79 Å². The van der Waals surface area contributed by atoms with Crippen LogP contribution in [0.5, 0.6) is 6.01 Å². The maximum atomic E-state index is 16.3. The molecule has 39 heavy (non-hydrogen) atoms. The van der Waals surface area contributed by atoms with Crippen LogP contribution in [0.2, 0.25) is 0 Å². The van der Waals surface area contributed by atoms with Crippen LogP contribution in [0.15, 0.2) is 42.6 Å². The minimum atomic E-state index is -0.693. The largest absolute Gasteiger partial charge is 0.461 e. The first-order valence-corrected chi connectivity index (χ1v) is 13.3. The van der Waals surface area contributed by atoms with E-state index in [4.69, 9.17) is 10.5 Å². The van der Waals surface area contributed by atoms with E-state index in [2.05, 4.69) is 19.9 Å². The molecule has 2 aliphatic heterocycles. The normalized spacial score (nSPS) is 16.6. The number of pyridine rings is 1. The topological polar surface area (TPSA) is 97.5 Å². The van der Waals surface area contributed by atoms with Crippen molar-refractivity contribution in [3.8, 4) is 17.3 Å². The molecule has 0 bridgehead atoms. The summed E-state index contributed by atoms with van der Waals surface area (Å²) in [5.74, 6) is -1.23. The number of nitrogens with zero attached hydrogens (tertiary/aromatic N) is 5. The van der Waals surface area contributed by atoms with Gasteiger partial charge in [0.25, 0.3) is 0 Å². The molecule has 1 amide bonds. The fourth-order valence-electron chi connectivity index (χ4n) is 6.10. The number of nitrogens with two attached hydrogens (primary N) is 1. The summed E-state index contributed by atoms with van der Waals surface area (Å²) in [6.07, 6.45) is 5.91. The number of benzene rings is 2. The number of hydrogen-bond acceptors (Lipinski definition) is 7. The Kier molecular flexibility index (Phi) is 6.50. The Morgan fingerprint density at radius 2 is 1.87 bits per heavy atom. The second kappa shape index (κ2) is 10.00. The van der Waals surface area contributed by atoms with E-state index in [0.717, 1.165) is 38.8 Å². The van der Waals surface area contributed by atoms with Gasteiger partial charge >= 0.3 is 6.01 Å². The fraction of sp³-hybridized carbons (Fsp3) is 0.379. The summed E-state index contributed by atoms with van der Waals surface area (Å²) in [4.78, 5) is 29.1. The highest BCUT2D eigenvalue weighted by atomic mass is 19.1. The maximum Gasteiger partial charge on any atom is 0.319 e. The van der Waals surface area contributed by atoms with Crippen LogP contribution in [0, 0.1) is 11.6 Å². The Morgan fingerprint density at radius 1 is 1.13 bits per heavy atom. The van der Waals surface area contributed by atoms with E-state index in [1.165, 1.54) is 12.3 Å². The van der Waals surface area contributed by atoms with Crippen molar-refractivity contribution in [3.63, 3.8) is 0 Å². The second-order valence-electron chi connectivity index (χ2n) is 10.5. The van der Waals surface area contributed by atoms with Gasteiger partial charge in [-0.05, 0) is 50.2 Å². The zero-order valence-corrected chi connectivity index (χ0v) is 21.8. The standard InChI is InChI=1S/C29H30F2N6O2/c1-36(15-10-22(32)38)27-20-16-33-25(19-8-2-6-18-7-3-9-21(30)23(18)19)24(31)26(20)34-28(35-27)39-17-29-11-4-13-37(29)14-5-12-29/h2-3,6-9,16H,4-5,10-15,17H2,1H3,(H2,32,38). The number of ether oxygens (including phenoxy) is 1. The SMILES string of the molecule is CN(CCC(N)=O)c1nc(OCC23CCCN2CCC3)nc2c(F)c(-c3cccc4cccc(F)c34)ncc12. The molecule has 0 unspecified atom stereocenters. The molecular formula is C29H30F2N6O2. The van der Waals surface area contributed by atoms with E-state index >= 15 is 4.39 Å². The summed E-state index contributed by atoms with van der Waals surface area (Å²) >= 11 is 0. The molecule has 0 saturated carbocycles. The van der Waals surface area contributed by atoms with Gasteiger partial charge in [-0.3, -0.25) is 14.7 Å². The van der Waals surface area contributed by atoms with Gasteiger partial charge in [-0.15, -0.1) is 0 Å². The number of carbonyl (C=O) groups excluding carboxylic acids is 1. The molecule has 2 fully saturated rings. The molecular weight excluding hydrogens is 502 g/mol. The van der Waals surface area contributed by atoms with E-state index < -0.39 is 17.5 Å². The third kappa shape index (κ3) is 4.52. The zero-order chi connectivity index (χ0) is 27.1. The fourth-order valence-corrected chi connectivity index (χ4v) is 6.10. The number of fused-ring (bicyclic) bond motifs is 3. The zero-order valence-electron chi connectivity index (χ0n) is 21.8. The lowest BCUT2D eigenvalue weighted by Gasteiger charge is -2.31. The van der Waals surface area contributed by atoms with Gasteiger partial charge in [0.1, 0.15) is 29.5 Å². The van der Waals surface area contributed by atoms with E-state index in [9.17, 15) is 9.18 Å². The van der Waals surface area contributed by atoms with Gasteiger partial charge in [-0.1, -0.05) is 30.3 Å². The Labute approximate surface area is 224 Å². The van der Waals surface area contributed by atoms with Gasteiger partial charge < -0.3 is 15.4 Å². The first-order valence-electron chi connectivity index (χ1n) is 13.3. The van der Waals surface area contributed by atoms with E-state index in [-0.39, 0.29) is 41.1 Å². The third-order valence-electron chi connectivity index (χ3n) is 8.09. The molecule has 202 valence electrons. The lowest BCUT2D eigenvalue weighted by molar-refractivity contribution is -0.117. The molecule has 0 spiro atoms. The van der Waals surface area contributed by atoms with Crippen molar-refractivity contribution in [2.24, 2.45) is 5.73 Å². The highest BCUT2D eigenvalue weighted by Crippen LogP contribution is 2.40. The molecule has 6 rings (SSSR count). The number of carbonyl (C=O) groups is 1. The number of rotatable bonds is 8. The Morgan fingerprint density at radius 3 is 2.62 bits per heavy atom. The summed E-state index contributed by atoms with van der Waals surface area (Å²) in [6, 6.07) is 9.96. The number of halogens is 2. The van der Waals surface area contributed by atoms with Crippen molar-refractivity contribution in [2.45, 2.75) is 37.6 Å². The van der Waals surface area contributed by atoms with Gasteiger partial charge in [0.2, 0.25) is 5.91 Å². The average Bonchev–Trinajstić information content (AvgIpc) is 3.51. The van der Waals surface area contributed by atoms with Crippen LogP contribution in [0.1, 0.15) is 32.1 Å². The number of primary amides is 1. The lowest BCUT2D eigenvalue weighted by Crippen LogP contribution is -2.43. The molecule has 2 aromatic carbocycles. The quantitative estimate of drug-likeness (QED) is 0.358.